The number of nitrogens with one attached hydrogen (secondary N) is 2. The average Bonchev–Trinajstić information content (AvgIpc) is 2.45. The Hall–Kier alpha value is -1.59. The summed E-state index contributed by atoms with van der Waals surface area (Å²) in [5.41, 5.74) is 3.53. The quantitative estimate of drug-likeness (QED) is 0.674. The number of amides is 1. The van der Waals surface area contributed by atoms with Crippen LogP contribution in [0.25, 0.3) is 0 Å². The summed E-state index contributed by atoms with van der Waals surface area (Å²) in [4.78, 5) is 13.9. The van der Waals surface area contributed by atoms with Gasteiger partial charge in [0.15, 0.2) is 0 Å². The minimum atomic E-state index is 0.00419. The fourth-order valence-corrected chi connectivity index (χ4v) is 2.14. The van der Waals surface area contributed by atoms with Crippen LogP contribution in [0.5, 0.6) is 0 Å². The summed E-state index contributed by atoms with van der Waals surface area (Å²) in [6.07, 6.45) is 0. The molecule has 1 aromatic carbocycles. The van der Waals surface area contributed by atoms with Crippen molar-refractivity contribution in [3.8, 4) is 0 Å². The molecule has 0 aliphatic rings. The Balaban J connectivity index is 2.67. The van der Waals surface area contributed by atoms with Crippen molar-refractivity contribution >= 4 is 11.6 Å². The number of carbonyl (C=O) groups is 1. The first-order valence-electron chi connectivity index (χ1n) is 7.35. The van der Waals surface area contributed by atoms with E-state index in [2.05, 4.69) is 42.7 Å². The molecule has 0 atom stereocenters. The first kappa shape index (κ1) is 17.5. The highest BCUT2D eigenvalue weighted by molar-refractivity contribution is 5.81. The SMILES string of the molecule is CCNCc1cc(C)ccc1N(C)CC(=O)NCCOC. The molecule has 0 aliphatic carbocycles. The maximum Gasteiger partial charge on any atom is 0.239 e. The van der Waals surface area contributed by atoms with Gasteiger partial charge >= 0.3 is 0 Å². The number of benzene rings is 1. The van der Waals surface area contributed by atoms with Gasteiger partial charge in [-0.05, 0) is 25.1 Å². The van der Waals surface area contributed by atoms with Crippen LogP contribution in [-0.2, 0) is 16.1 Å². The van der Waals surface area contributed by atoms with Gasteiger partial charge in [-0.15, -0.1) is 0 Å². The fraction of sp³-hybridized carbons (Fsp3) is 0.562. The van der Waals surface area contributed by atoms with Crippen LogP contribution in [-0.4, -0.2) is 46.3 Å². The highest BCUT2D eigenvalue weighted by Crippen LogP contribution is 2.20. The van der Waals surface area contributed by atoms with E-state index < -0.39 is 0 Å². The van der Waals surface area contributed by atoms with Gasteiger partial charge < -0.3 is 20.3 Å². The van der Waals surface area contributed by atoms with Crippen LogP contribution in [0, 0.1) is 6.92 Å². The zero-order chi connectivity index (χ0) is 15.7. The van der Waals surface area contributed by atoms with Crippen molar-refractivity contribution in [2.75, 3.05) is 45.3 Å². The van der Waals surface area contributed by atoms with E-state index in [1.807, 2.05) is 11.9 Å². The topological polar surface area (TPSA) is 53.6 Å². The molecule has 0 fully saturated rings. The third-order valence-corrected chi connectivity index (χ3v) is 3.22. The molecule has 1 rings (SSSR count). The Morgan fingerprint density at radius 3 is 2.81 bits per heavy atom. The second-order valence-electron chi connectivity index (χ2n) is 5.11. The summed E-state index contributed by atoms with van der Waals surface area (Å²) in [6, 6.07) is 6.31. The van der Waals surface area contributed by atoms with Crippen LogP contribution < -0.4 is 15.5 Å². The lowest BCUT2D eigenvalue weighted by Gasteiger charge is -2.22. The van der Waals surface area contributed by atoms with Gasteiger partial charge in [-0.3, -0.25) is 4.79 Å². The molecule has 5 nitrogen and oxygen atoms in total. The molecule has 2 N–H and O–H groups in total. The van der Waals surface area contributed by atoms with Crippen molar-refractivity contribution in [2.45, 2.75) is 20.4 Å². The molecule has 0 unspecified atom stereocenters. The van der Waals surface area contributed by atoms with E-state index >= 15 is 0 Å². The van der Waals surface area contributed by atoms with Gasteiger partial charge in [0.25, 0.3) is 0 Å². The van der Waals surface area contributed by atoms with Gasteiger partial charge in [-0.25, -0.2) is 0 Å². The van der Waals surface area contributed by atoms with Crippen molar-refractivity contribution in [1.82, 2.24) is 10.6 Å². The van der Waals surface area contributed by atoms with E-state index in [1.165, 1.54) is 11.1 Å². The monoisotopic (exact) mass is 293 g/mol. The Labute approximate surface area is 127 Å². The van der Waals surface area contributed by atoms with E-state index in [0.29, 0.717) is 19.7 Å². The molecule has 1 aromatic rings. The first-order chi connectivity index (χ1) is 10.1. The van der Waals surface area contributed by atoms with Crippen LogP contribution in [0.1, 0.15) is 18.1 Å². The van der Waals surface area contributed by atoms with Crippen molar-refractivity contribution < 1.29 is 9.53 Å². The van der Waals surface area contributed by atoms with Gasteiger partial charge in [-0.1, -0.05) is 24.6 Å². The van der Waals surface area contributed by atoms with Crippen molar-refractivity contribution in [2.24, 2.45) is 0 Å². The zero-order valence-corrected chi connectivity index (χ0v) is 13.5. The molecule has 118 valence electrons. The first-order valence-corrected chi connectivity index (χ1v) is 7.35. The molecule has 21 heavy (non-hydrogen) atoms. The molecule has 0 spiro atoms. The highest BCUT2D eigenvalue weighted by Gasteiger charge is 2.11. The number of nitrogens with zero attached hydrogens (tertiary/aromatic N) is 1. The third-order valence-electron chi connectivity index (χ3n) is 3.22. The molecular formula is C16H27N3O2. The molecule has 0 saturated carbocycles. The number of ether oxygens (including phenoxy) is 1. The molecule has 1 amide bonds. The largest absolute Gasteiger partial charge is 0.383 e. The predicted octanol–water partition coefficient (Wildman–Crippen LogP) is 1.30. The smallest absolute Gasteiger partial charge is 0.239 e. The number of aryl methyl sites for hydroxylation is 1. The van der Waals surface area contributed by atoms with Gasteiger partial charge in [0.05, 0.1) is 13.2 Å². The van der Waals surface area contributed by atoms with Gasteiger partial charge in [-0.2, -0.15) is 0 Å². The summed E-state index contributed by atoms with van der Waals surface area (Å²) in [5.74, 6) is 0.00419. The van der Waals surface area contributed by atoms with Crippen LogP contribution in [0.2, 0.25) is 0 Å². The molecule has 0 aromatic heterocycles. The Morgan fingerprint density at radius 1 is 1.38 bits per heavy atom. The van der Waals surface area contributed by atoms with Crippen molar-refractivity contribution in [1.29, 1.82) is 0 Å². The Kier molecular flexibility index (Phi) is 7.79. The lowest BCUT2D eigenvalue weighted by atomic mass is 10.1. The van der Waals surface area contributed by atoms with Crippen molar-refractivity contribution in [3.63, 3.8) is 0 Å². The lowest BCUT2D eigenvalue weighted by molar-refractivity contribution is -0.119. The predicted molar refractivity (Wildman–Crippen MR) is 86.7 cm³/mol. The minimum Gasteiger partial charge on any atom is -0.383 e. The molecule has 0 radical (unpaired) electrons. The normalized spacial score (nSPS) is 10.5. The molecule has 0 heterocycles. The van der Waals surface area contributed by atoms with Gasteiger partial charge in [0.1, 0.15) is 0 Å². The maximum absolute atomic E-state index is 11.9. The summed E-state index contributed by atoms with van der Waals surface area (Å²) >= 11 is 0. The number of rotatable bonds is 9. The average molecular weight is 293 g/mol. The highest BCUT2D eigenvalue weighted by atomic mass is 16.5. The summed E-state index contributed by atoms with van der Waals surface area (Å²) in [6.45, 7) is 7.32. The van der Waals surface area contributed by atoms with Crippen LogP contribution in [0.15, 0.2) is 18.2 Å². The standard InChI is InChI=1S/C16H27N3O2/c1-5-17-11-14-10-13(2)6-7-15(14)19(3)12-16(20)18-8-9-21-4/h6-7,10,17H,5,8-9,11-12H2,1-4H3,(H,18,20). The Bertz CT molecular complexity index is 449. The number of anilines is 1. The Morgan fingerprint density at radius 2 is 2.14 bits per heavy atom. The second-order valence-corrected chi connectivity index (χ2v) is 5.11. The number of carbonyl (C=O) groups excluding carboxylic acids is 1. The molecule has 0 bridgehead atoms. The van der Waals surface area contributed by atoms with Crippen LogP contribution >= 0.6 is 0 Å². The van der Waals surface area contributed by atoms with E-state index in [-0.39, 0.29) is 5.91 Å². The van der Waals surface area contributed by atoms with E-state index in [9.17, 15) is 4.79 Å². The molecule has 0 saturated heterocycles. The van der Waals surface area contributed by atoms with Crippen molar-refractivity contribution in [3.05, 3.63) is 29.3 Å². The van der Waals surface area contributed by atoms with E-state index in [0.717, 1.165) is 18.8 Å². The second kappa shape index (κ2) is 9.37. The molecule has 5 heteroatoms. The fourth-order valence-electron chi connectivity index (χ4n) is 2.14. The maximum atomic E-state index is 11.9. The van der Waals surface area contributed by atoms with E-state index in [4.69, 9.17) is 4.74 Å². The number of likely N-dealkylation sites (N-methyl/N-ethyl adjacent to an activating group) is 1. The lowest BCUT2D eigenvalue weighted by Crippen LogP contribution is -2.37. The van der Waals surface area contributed by atoms with E-state index in [1.54, 1.807) is 7.11 Å². The third kappa shape index (κ3) is 6.14. The molecule has 0 aliphatic heterocycles. The van der Waals surface area contributed by atoms with Gasteiger partial charge in [0, 0.05) is 32.9 Å². The number of hydrogen-bond acceptors (Lipinski definition) is 4. The van der Waals surface area contributed by atoms with Crippen LogP contribution in [0.3, 0.4) is 0 Å². The zero-order valence-electron chi connectivity index (χ0n) is 13.5. The summed E-state index contributed by atoms with van der Waals surface area (Å²) < 4.78 is 4.92. The minimum absolute atomic E-state index is 0.00419. The summed E-state index contributed by atoms with van der Waals surface area (Å²) in [7, 11) is 3.56. The summed E-state index contributed by atoms with van der Waals surface area (Å²) in [5, 5.41) is 6.18. The number of methoxy groups -OCH3 is 1. The van der Waals surface area contributed by atoms with Crippen LogP contribution in [0.4, 0.5) is 5.69 Å². The molecular weight excluding hydrogens is 266 g/mol. The van der Waals surface area contributed by atoms with Gasteiger partial charge in [0.2, 0.25) is 5.91 Å². The number of hydrogen-bond donors (Lipinski definition) is 2.